The quantitative estimate of drug-likeness (QED) is 0.854. The molecule has 4 rings (SSSR count). The van der Waals surface area contributed by atoms with E-state index in [1.807, 2.05) is 0 Å². The lowest BCUT2D eigenvalue weighted by Gasteiger charge is -2.36. The minimum absolute atomic E-state index is 0.00856. The van der Waals surface area contributed by atoms with Gasteiger partial charge in [-0.25, -0.2) is 4.39 Å². The van der Waals surface area contributed by atoms with Crippen molar-refractivity contribution in [1.82, 2.24) is 9.88 Å². The average molecular weight is 346 g/mol. The monoisotopic (exact) mass is 346 g/mol. The molecule has 1 aromatic heterocycles. The van der Waals surface area contributed by atoms with Gasteiger partial charge in [-0.2, -0.15) is 0 Å². The smallest absolute Gasteiger partial charge is 0.259 e. The highest BCUT2D eigenvalue weighted by atomic mass is 19.1. The Kier molecular flexibility index (Phi) is 3.85. The molecule has 0 saturated carbocycles. The van der Waals surface area contributed by atoms with Gasteiger partial charge in [-0.05, 0) is 24.6 Å². The zero-order valence-electron chi connectivity index (χ0n) is 13.6. The highest BCUT2D eigenvalue weighted by Crippen LogP contribution is 2.42. The predicted octanol–water partition coefficient (Wildman–Crippen LogP) is 1.14. The van der Waals surface area contributed by atoms with Crippen molar-refractivity contribution in [2.45, 2.75) is 6.42 Å². The SMILES string of the molecule is O=C(c1c[nH]c2ccc(F)cc2c1=O)N1C[C@@H]2COCC[C@]2(CO)C1. The number of hydrogen-bond acceptors (Lipinski definition) is 4. The number of halogens is 1. The van der Waals surface area contributed by atoms with Crippen LogP contribution in [0.3, 0.4) is 0 Å². The maximum absolute atomic E-state index is 13.5. The summed E-state index contributed by atoms with van der Waals surface area (Å²) in [7, 11) is 0. The Morgan fingerprint density at radius 1 is 1.48 bits per heavy atom. The molecule has 132 valence electrons. The summed E-state index contributed by atoms with van der Waals surface area (Å²) in [4.78, 5) is 30.0. The zero-order chi connectivity index (χ0) is 17.6. The minimum atomic E-state index is -0.522. The number of aromatic nitrogens is 1. The van der Waals surface area contributed by atoms with Gasteiger partial charge in [0.15, 0.2) is 0 Å². The summed E-state index contributed by atoms with van der Waals surface area (Å²) < 4.78 is 18.9. The topological polar surface area (TPSA) is 82.6 Å². The summed E-state index contributed by atoms with van der Waals surface area (Å²) in [5.41, 5.74) is -0.365. The van der Waals surface area contributed by atoms with Crippen LogP contribution in [0.15, 0.2) is 29.2 Å². The van der Waals surface area contributed by atoms with Gasteiger partial charge in [-0.15, -0.1) is 0 Å². The first-order valence-electron chi connectivity index (χ1n) is 8.33. The van der Waals surface area contributed by atoms with Gasteiger partial charge in [0, 0.05) is 48.1 Å². The first-order chi connectivity index (χ1) is 12.0. The maximum atomic E-state index is 13.5. The van der Waals surface area contributed by atoms with Gasteiger partial charge in [-0.1, -0.05) is 0 Å². The lowest BCUT2D eigenvalue weighted by molar-refractivity contribution is -0.0415. The number of fused-ring (bicyclic) bond motifs is 2. The molecule has 6 nitrogen and oxygen atoms in total. The Balaban J connectivity index is 1.69. The number of H-pyrrole nitrogens is 1. The van der Waals surface area contributed by atoms with Crippen molar-refractivity contribution in [1.29, 1.82) is 0 Å². The van der Waals surface area contributed by atoms with Gasteiger partial charge in [0.2, 0.25) is 5.43 Å². The molecular weight excluding hydrogens is 327 g/mol. The highest BCUT2D eigenvalue weighted by molar-refractivity contribution is 5.97. The molecule has 2 saturated heterocycles. The molecule has 0 bridgehead atoms. The Hall–Kier alpha value is -2.25. The third kappa shape index (κ3) is 2.54. The van der Waals surface area contributed by atoms with E-state index >= 15 is 0 Å². The van der Waals surface area contributed by atoms with Gasteiger partial charge >= 0.3 is 0 Å². The van der Waals surface area contributed by atoms with Crippen molar-refractivity contribution in [2.75, 3.05) is 32.9 Å². The van der Waals surface area contributed by atoms with Crippen LogP contribution in [-0.4, -0.2) is 53.8 Å². The van der Waals surface area contributed by atoms with Crippen LogP contribution >= 0.6 is 0 Å². The van der Waals surface area contributed by atoms with Gasteiger partial charge in [0.25, 0.3) is 5.91 Å². The average Bonchev–Trinajstić information content (AvgIpc) is 3.02. The van der Waals surface area contributed by atoms with Gasteiger partial charge < -0.3 is 19.7 Å². The van der Waals surface area contributed by atoms with Gasteiger partial charge in [0.05, 0.1) is 13.2 Å². The number of pyridine rings is 1. The number of nitrogens with zero attached hydrogens (tertiary/aromatic N) is 1. The number of amides is 1. The van der Waals surface area contributed by atoms with E-state index in [2.05, 4.69) is 4.98 Å². The number of hydrogen-bond donors (Lipinski definition) is 2. The Labute approximate surface area is 143 Å². The summed E-state index contributed by atoms with van der Waals surface area (Å²) in [5.74, 6) is -0.854. The fourth-order valence-electron chi connectivity index (χ4n) is 3.98. The summed E-state index contributed by atoms with van der Waals surface area (Å²) in [6, 6.07) is 3.87. The van der Waals surface area contributed by atoms with E-state index < -0.39 is 17.2 Å². The number of aliphatic hydroxyl groups excluding tert-OH is 1. The molecule has 0 radical (unpaired) electrons. The Morgan fingerprint density at radius 2 is 2.32 bits per heavy atom. The molecular formula is C18H19FN2O4. The highest BCUT2D eigenvalue weighted by Gasteiger charge is 2.49. The minimum Gasteiger partial charge on any atom is -0.396 e. The van der Waals surface area contributed by atoms with E-state index in [4.69, 9.17) is 4.74 Å². The van der Waals surface area contributed by atoms with E-state index in [9.17, 15) is 19.1 Å². The van der Waals surface area contributed by atoms with Crippen molar-refractivity contribution in [2.24, 2.45) is 11.3 Å². The number of carbonyl (C=O) groups excluding carboxylic acids is 1. The number of aliphatic hydroxyl groups is 1. The summed E-state index contributed by atoms with van der Waals surface area (Å²) in [6.07, 6.45) is 2.08. The maximum Gasteiger partial charge on any atom is 0.259 e. The first-order valence-corrected chi connectivity index (χ1v) is 8.33. The second kappa shape index (κ2) is 5.93. The Morgan fingerprint density at radius 3 is 3.08 bits per heavy atom. The molecule has 2 aromatic rings. The second-order valence-electron chi connectivity index (χ2n) is 6.95. The number of likely N-dealkylation sites (tertiary alicyclic amines) is 1. The molecule has 2 aliphatic rings. The predicted molar refractivity (Wildman–Crippen MR) is 88.9 cm³/mol. The number of nitrogens with one attached hydrogen (secondary N) is 1. The van der Waals surface area contributed by atoms with Crippen LogP contribution in [0.1, 0.15) is 16.8 Å². The molecule has 1 aromatic carbocycles. The molecule has 2 fully saturated rings. The number of benzene rings is 1. The summed E-state index contributed by atoms with van der Waals surface area (Å²) >= 11 is 0. The van der Waals surface area contributed by atoms with E-state index in [-0.39, 0.29) is 28.9 Å². The van der Waals surface area contributed by atoms with Crippen LogP contribution in [0.5, 0.6) is 0 Å². The molecule has 0 aliphatic carbocycles. The lowest BCUT2D eigenvalue weighted by Crippen LogP contribution is -2.41. The first kappa shape index (κ1) is 16.2. The standard InChI is InChI=1S/C18H19FN2O4/c19-12-1-2-15-13(5-12)16(23)14(6-20-15)17(24)21-7-11-8-25-4-3-18(11,9-21)10-22/h1-2,5-6,11,22H,3-4,7-10H2,(H,20,23)/t11-,18-/m1/s1. The third-order valence-electron chi connectivity index (χ3n) is 5.55. The zero-order valence-corrected chi connectivity index (χ0v) is 13.6. The fourth-order valence-corrected chi connectivity index (χ4v) is 3.98. The molecule has 3 heterocycles. The molecule has 7 heteroatoms. The van der Waals surface area contributed by atoms with E-state index in [1.165, 1.54) is 18.3 Å². The van der Waals surface area contributed by atoms with Crippen molar-refractivity contribution in [3.05, 3.63) is 46.0 Å². The Bertz CT molecular complexity index is 896. The van der Waals surface area contributed by atoms with Gasteiger partial charge in [-0.3, -0.25) is 9.59 Å². The molecule has 25 heavy (non-hydrogen) atoms. The van der Waals surface area contributed by atoms with Gasteiger partial charge in [0.1, 0.15) is 11.4 Å². The number of ether oxygens (including phenoxy) is 1. The lowest BCUT2D eigenvalue weighted by atomic mass is 9.75. The van der Waals surface area contributed by atoms with Crippen molar-refractivity contribution >= 4 is 16.8 Å². The molecule has 2 atom stereocenters. The van der Waals surface area contributed by atoms with Crippen LogP contribution in [-0.2, 0) is 4.74 Å². The molecule has 0 spiro atoms. The molecule has 0 unspecified atom stereocenters. The summed E-state index contributed by atoms with van der Waals surface area (Å²) in [6.45, 7) is 1.90. The van der Waals surface area contributed by atoms with Crippen LogP contribution in [0, 0.1) is 17.2 Å². The van der Waals surface area contributed by atoms with Crippen molar-refractivity contribution in [3.8, 4) is 0 Å². The number of carbonyl (C=O) groups is 1. The molecule has 2 aliphatic heterocycles. The van der Waals surface area contributed by atoms with E-state index in [0.717, 1.165) is 6.07 Å². The number of rotatable bonds is 2. The van der Waals surface area contributed by atoms with Crippen LogP contribution in [0.25, 0.3) is 10.9 Å². The van der Waals surface area contributed by atoms with Crippen molar-refractivity contribution in [3.63, 3.8) is 0 Å². The second-order valence-corrected chi connectivity index (χ2v) is 6.95. The van der Waals surface area contributed by atoms with Crippen LogP contribution in [0.2, 0.25) is 0 Å². The van der Waals surface area contributed by atoms with Crippen LogP contribution < -0.4 is 5.43 Å². The van der Waals surface area contributed by atoms with Crippen LogP contribution in [0.4, 0.5) is 4.39 Å². The van der Waals surface area contributed by atoms with E-state index in [0.29, 0.717) is 38.2 Å². The molecule has 2 N–H and O–H groups in total. The fraction of sp³-hybridized carbons (Fsp3) is 0.444. The summed E-state index contributed by atoms with van der Waals surface area (Å²) in [5, 5.41) is 10.0. The normalized spacial score (nSPS) is 26.0. The van der Waals surface area contributed by atoms with Crippen molar-refractivity contribution < 1.29 is 19.0 Å². The number of aromatic amines is 1. The molecule has 1 amide bonds. The largest absolute Gasteiger partial charge is 0.396 e. The van der Waals surface area contributed by atoms with E-state index in [1.54, 1.807) is 4.90 Å². The third-order valence-corrected chi connectivity index (χ3v) is 5.55.